The Labute approximate surface area is 85.8 Å². The average Bonchev–Trinajstić information content (AvgIpc) is 2.15. The molecule has 0 amide bonds. The van der Waals surface area contributed by atoms with Crippen molar-refractivity contribution in [2.45, 2.75) is 19.7 Å². The monoisotopic (exact) mass is 214 g/mol. The summed E-state index contributed by atoms with van der Waals surface area (Å²) in [5, 5.41) is 2.91. The van der Waals surface area contributed by atoms with E-state index in [1.54, 1.807) is 6.92 Å². The van der Waals surface area contributed by atoms with Gasteiger partial charge in [0.1, 0.15) is 6.23 Å². The second-order valence-electron chi connectivity index (χ2n) is 2.81. The van der Waals surface area contributed by atoms with Gasteiger partial charge < -0.3 is 4.55 Å². The summed E-state index contributed by atoms with van der Waals surface area (Å²) in [5.41, 5.74) is 1.08. The lowest BCUT2D eigenvalue weighted by molar-refractivity contribution is 0.181. The predicted octanol–water partition coefficient (Wildman–Crippen LogP) is 0.933. The summed E-state index contributed by atoms with van der Waals surface area (Å²) < 4.78 is 24.8. The van der Waals surface area contributed by atoms with Gasteiger partial charge in [-0.05, 0) is 12.5 Å². The van der Waals surface area contributed by atoms with Gasteiger partial charge in [0.2, 0.25) is 0 Å². The van der Waals surface area contributed by atoms with E-state index in [2.05, 4.69) is 9.50 Å². The lowest BCUT2D eigenvalue weighted by Gasteiger charge is -2.15. The van der Waals surface area contributed by atoms with Crippen molar-refractivity contribution in [3.8, 4) is 0 Å². The van der Waals surface area contributed by atoms with Gasteiger partial charge in [-0.25, -0.2) is 4.21 Å². The van der Waals surface area contributed by atoms with Crippen LogP contribution in [0.15, 0.2) is 30.3 Å². The molecule has 0 heterocycles. The highest BCUT2D eigenvalue weighted by atomic mass is 32.2. The van der Waals surface area contributed by atoms with Crippen LogP contribution in [-0.4, -0.2) is 15.0 Å². The summed E-state index contributed by atoms with van der Waals surface area (Å²) in [6.07, 6.45) is -0.506. The molecule has 0 bridgehead atoms. The molecule has 0 radical (unpaired) electrons. The van der Waals surface area contributed by atoms with Gasteiger partial charge in [0, 0.05) is 6.54 Å². The second kappa shape index (κ2) is 5.87. The van der Waals surface area contributed by atoms with Gasteiger partial charge in [-0.3, -0.25) is 9.50 Å². The minimum atomic E-state index is -2.47. The normalized spacial score (nSPS) is 15.0. The summed E-state index contributed by atoms with van der Waals surface area (Å²) in [4.78, 5) is 0. The first kappa shape index (κ1) is 11.3. The van der Waals surface area contributed by atoms with Crippen LogP contribution in [0.5, 0.6) is 0 Å². The van der Waals surface area contributed by atoms with Crippen molar-refractivity contribution < 1.29 is 12.9 Å². The third-order valence-corrected chi connectivity index (χ3v) is 2.11. The first-order valence-corrected chi connectivity index (χ1v) is 5.22. The number of benzene rings is 1. The van der Waals surface area contributed by atoms with E-state index in [-0.39, 0.29) is 0 Å². The van der Waals surface area contributed by atoms with Gasteiger partial charge in [0.25, 0.3) is 0 Å². The maximum Gasteiger partial charge on any atom is 0.121 e. The number of nitrogens with one attached hydrogen (secondary N) is 1. The van der Waals surface area contributed by atoms with Crippen LogP contribution in [0.1, 0.15) is 12.5 Å². The van der Waals surface area contributed by atoms with Crippen molar-refractivity contribution in [3.63, 3.8) is 0 Å². The Hall–Kier alpha value is -0.750. The molecule has 0 aliphatic carbocycles. The summed E-state index contributed by atoms with van der Waals surface area (Å²) in [7, 11) is 0. The molecule has 4 nitrogen and oxygen atoms in total. The highest BCUT2D eigenvalue weighted by molar-refractivity contribution is 7.74. The summed E-state index contributed by atoms with van der Waals surface area (Å²) in [6, 6.07) is 9.68. The zero-order chi connectivity index (χ0) is 10.4. The smallest absolute Gasteiger partial charge is 0.121 e. The molecular weight excluding hydrogens is 202 g/mol. The Morgan fingerprint density at radius 1 is 1.50 bits per heavy atom. The van der Waals surface area contributed by atoms with Crippen molar-refractivity contribution in [2.75, 3.05) is 0 Å². The Kier molecular flexibility index (Phi) is 4.75. The van der Waals surface area contributed by atoms with Crippen LogP contribution in [0.4, 0.5) is 0 Å². The molecule has 1 rings (SSSR count). The fraction of sp³-hybridized carbons (Fsp3) is 0.333. The molecule has 1 aromatic carbocycles. The molecule has 0 saturated heterocycles. The second-order valence-corrected chi connectivity index (χ2v) is 3.41. The van der Waals surface area contributed by atoms with Gasteiger partial charge in [0.05, 0.1) is 11.4 Å². The van der Waals surface area contributed by atoms with E-state index in [0.29, 0.717) is 6.54 Å². The average molecular weight is 214 g/mol. The molecule has 78 valence electrons. The lowest BCUT2D eigenvalue weighted by atomic mass is 10.2. The van der Waals surface area contributed by atoms with E-state index in [1.807, 2.05) is 30.3 Å². The summed E-state index contributed by atoms with van der Waals surface area (Å²) in [6.45, 7) is 2.22. The molecule has 1 aromatic rings. The first-order chi connectivity index (χ1) is 6.68. The van der Waals surface area contributed by atoms with Gasteiger partial charge >= 0.3 is 0 Å². The largest absolute Gasteiger partial charge is 0.750 e. The number of hydrogen-bond donors (Lipinski definition) is 1. The van der Waals surface area contributed by atoms with Gasteiger partial charge in [-0.2, -0.15) is 0 Å². The molecular formula is C9H12NO3S-. The molecule has 5 heteroatoms. The van der Waals surface area contributed by atoms with Crippen molar-refractivity contribution in [2.24, 2.45) is 0 Å². The zero-order valence-corrected chi connectivity index (χ0v) is 8.62. The molecule has 1 N–H and O–H groups in total. The van der Waals surface area contributed by atoms with E-state index in [0.717, 1.165) is 5.56 Å². The van der Waals surface area contributed by atoms with E-state index < -0.39 is 17.6 Å². The van der Waals surface area contributed by atoms with Crippen LogP contribution in [-0.2, 0) is 22.1 Å². The Balaban J connectivity index is 2.30. The molecule has 0 spiro atoms. The van der Waals surface area contributed by atoms with Crippen LogP contribution in [0.25, 0.3) is 0 Å². The van der Waals surface area contributed by atoms with E-state index in [1.165, 1.54) is 0 Å². The predicted molar refractivity (Wildman–Crippen MR) is 52.7 cm³/mol. The van der Waals surface area contributed by atoms with Crippen LogP contribution >= 0.6 is 0 Å². The molecule has 0 aliphatic rings. The number of rotatable bonds is 5. The van der Waals surface area contributed by atoms with Crippen molar-refractivity contribution in [3.05, 3.63) is 35.9 Å². The highest BCUT2D eigenvalue weighted by Crippen LogP contribution is 1.98. The highest BCUT2D eigenvalue weighted by Gasteiger charge is 2.00. The minimum Gasteiger partial charge on any atom is -0.750 e. The van der Waals surface area contributed by atoms with Crippen molar-refractivity contribution in [1.82, 2.24) is 5.32 Å². The van der Waals surface area contributed by atoms with Gasteiger partial charge in [-0.15, -0.1) is 0 Å². The summed E-state index contributed by atoms with van der Waals surface area (Å²) >= 11 is -2.47. The van der Waals surface area contributed by atoms with Gasteiger partial charge in [-0.1, -0.05) is 30.3 Å². The zero-order valence-electron chi connectivity index (χ0n) is 7.80. The SMILES string of the molecule is CC(NCc1ccccc1)OS(=O)[O-]. The third kappa shape index (κ3) is 4.48. The maximum atomic E-state index is 10.2. The third-order valence-electron chi connectivity index (χ3n) is 1.66. The lowest BCUT2D eigenvalue weighted by Crippen LogP contribution is -2.28. The first-order valence-electron chi connectivity index (χ1n) is 4.22. The minimum absolute atomic E-state index is 0.506. The topological polar surface area (TPSA) is 61.4 Å². The van der Waals surface area contributed by atoms with Crippen molar-refractivity contribution in [1.29, 1.82) is 0 Å². The van der Waals surface area contributed by atoms with E-state index >= 15 is 0 Å². The Morgan fingerprint density at radius 2 is 2.14 bits per heavy atom. The van der Waals surface area contributed by atoms with Gasteiger partial charge in [0.15, 0.2) is 0 Å². The molecule has 0 aromatic heterocycles. The molecule has 2 atom stereocenters. The molecule has 14 heavy (non-hydrogen) atoms. The molecule has 2 unspecified atom stereocenters. The fourth-order valence-electron chi connectivity index (χ4n) is 1.01. The van der Waals surface area contributed by atoms with Crippen LogP contribution in [0.3, 0.4) is 0 Å². The maximum absolute atomic E-state index is 10.2. The molecule has 0 fully saturated rings. The van der Waals surface area contributed by atoms with Crippen LogP contribution < -0.4 is 5.32 Å². The van der Waals surface area contributed by atoms with Crippen LogP contribution in [0.2, 0.25) is 0 Å². The summed E-state index contributed by atoms with van der Waals surface area (Å²) in [5.74, 6) is 0. The number of hydrogen-bond acceptors (Lipinski definition) is 4. The van der Waals surface area contributed by atoms with E-state index in [9.17, 15) is 8.76 Å². The fourth-order valence-corrected chi connectivity index (χ4v) is 1.31. The quantitative estimate of drug-likeness (QED) is 0.585. The van der Waals surface area contributed by atoms with E-state index in [4.69, 9.17) is 0 Å². The Morgan fingerprint density at radius 3 is 2.71 bits per heavy atom. The standard InChI is InChI=1S/C9H13NO3S/c1-8(13-14(11)12)10-7-9-5-3-2-4-6-9/h2-6,8,10H,7H2,1H3,(H,11,12)/p-1. The van der Waals surface area contributed by atoms with Crippen LogP contribution in [0, 0.1) is 0 Å². The van der Waals surface area contributed by atoms with Crippen molar-refractivity contribution >= 4 is 11.4 Å². The molecule has 0 saturated carbocycles. The Bertz CT molecular complexity index is 291. The molecule has 0 aliphatic heterocycles.